The van der Waals surface area contributed by atoms with Crippen LogP contribution in [0.3, 0.4) is 0 Å². The van der Waals surface area contributed by atoms with Crippen molar-refractivity contribution in [2.75, 3.05) is 19.0 Å². The van der Waals surface area contributed by atoms with Gasteiger partial charge in [0.25, 0.3) is 0 Å². The molecule has 72 valence electrons. The standard InChI is InChI=1S/C9H14NO2P/c1-7-6-8(13(11)12)4-5-9(7)10(2)3/h4-6,13H,1-3H3,(H,11,12). The lowest BCUT2D eigenvalue weighted by Crippen LogP contribution is -2.11. The molecule has 1 rings (SSSR count). The van der Waals surface area contributed by atoms with Gasteiger partial charge in [-0.25, -0.2) is 0 Å². The zero-order chi connectivity index (χ0) is 10.0. The Morgan fingerprint density at radius 3 is 2.38 bits per heavy atom. The van der Waals surface area contributed by atoms with E-state index in [9.17, 15) is 4.57 Å². The minimum atomic E-state index is -2.54. The minimum Gasteiger partial charge on any atom is -0.377 e. The van der Waals surface area contributed by atoms with Gasteiger partial charge < -0.3 is 9.79 Å². The Morgan fingerprint density at radius 1 is 1.38 bits per heavy atom. The van der Waals surface area contributed by atoms with Crippen LogP contribution < -0.4 is 10.2 Å². The van der Waals surface area contributed by atoms with Gasteiger partial charge in [0, 0.05) is 25.1 Å². The molecule has 0 amide bonds. The fourth-order valence-corrected chi connectivity index (χ4v) is 1.86. The van der Waals surface area contributed by atoms with E-state index in [4.69, 9.17) is 4.89 Å². The summed E-state index contributed by atoms with van der Waals surface area (Å²) in [4.78, 5) is 10.9. The predicted molar refractivity (Wildman–Crippen MR) is 56.4 cm³/mol. The number of nitrogens with zero attached hydrogens (tertiary/aromatic N) is 1. The molecule has 0 fully saturated rings. The van der Waals surface area contributed by atoms with Crippen molar-refractivity contribution in [2.45, 2.75) is 6.92 Å². The lowest BCUT2D eigenvalue weighted by Gasteiger charge is -2.15. The average Bonchev–Trinajstić information content (AvgIpc) is 2.03. The highest BCUT2D eigenvalue weighted by Crippen LogP contribution is 2.20. The molecule has 4 heteroatoms. The van der Waals surface area contributed by atoms with Gasteiger partial charge in [-0.1, -0.05) is 0 Å². The van der Waals surface area contributed by atoms with Gasteiger partial charge in [0.2, 0.25) is 8.03 Å². The molecule has 0 aromatic heterocycles. The predicted octanol–water partition coefficient (Wildman–Crippen LogP) is 1.15. The molecule has 1 aromatic carbocycles. The molecule has 1 N–H and O–H groups in total. The maximum Gasteiger partial charge on any atom is 0.218 e. The Morgan fingerprint density at radius 2 is 2.00 bits per heavy atom. The Balaban J connectivity index is 3.13. The maximum atomic E-state index is 10.8. The largest absolute Gasteiger partial charge is 0.377 e. The first-order valence-electron chi connectivity index (χ1n) is 4.03. The molecule has 0 bridgehead atoms. The summed E-state index contributed by atoms with van der Waals surface area (Å²) in [6.45, 7) is 1.93. The van der Waals surface area contributed by atoms with Crippen LogP contribution in [0.15, 0.2) is 18.2 Å². The summed E-state index contributed by atoms with van der Waals surface area (Å²) in [5.74, 6) is 0. The number of anilines is 1. The van der Waals surface area contributed by atoms with E-state index in [0.29, 0.717) is 5.30 Å². The van der Waals surface area contributed by atoms with Crippen LogP contribution in [-0.4, -0.2) is 19.0 Å². The molecule has 13 heavy (non-hydrogen) atoms. The van der Waals surface area contributed by atoms with Gasteiger partial charge in [-0.3, -0.25) is 4.57 Å². The Kier molecular flexibility index (Phi) is 3.12. The van der Waals surface area contributed by atoms with Crippen LogP contribution in [0.4, 0.5) is 5.69 Å². The van der Waals surface area contributed by atoms with E-state index in [1.165, 1.54) is 0 Å². The van der Waals surface area contributed by atoms with E-state index < -0.39 is 8.03 Å². The molecule has 0 aliphatic rings. The maximum absolute atomic E-state index is 10.8. The summed E-state index contributed by atoms with van der Waals surface area (Å²) in [6.07, 6.45) is 0. The molecule has 0 radical (unpaired) electrons. The highest BCUT2D eigenvalue weighted by atomic mass is 31.1. The van der Waals surface area contributed by atoms with E-state index in [1.807, 2.05) is 32.0 Å². The first-order valence-corrected chi connectivity index (χ1v) is 5.39. The number of aryl methyl sites for hydroxylation is 1. The van der Waals surface area contributed by atoms with Crippen molar-refractivity contribution >= 4 is 19.0 Å². The van der Waals surface area contributed by atoms with Crippen molar-refractivity contribution in [2.24, 2.45) is 0 Å². The third-order valence-electron chi connectivity index (χ3n) is 1.93. The van der Waals surface area contributed by atoms with E-state index in [-0.39, 0.29) is 0 Å². The summed E-state index contributed by atoms with van der Waals surface area (Å²) in [6, 6.07) is 5.32. The van der Waals surface area contributed by atoms with Gasteiger partial charge in [0.05, 0.1) is 0 Å². The lowest BCUT2D eigenvalue weighted by molar-refractivity contribution is 0.513. The van der Waals surface area contributed by atoms with Crippen molar-refractivity contribution in [3.05, 3.63) is 23.8 Å². The SMILES string of the molecule is Cc1cc([PH](=O)O)ccc1N(C)C. The average molecular weight is 199 g/mol. The Bertz CT molecular complexity index is 336. The zero-order valence-electron chi connectivity index (χ0n) is 8.03. The van der Waals surface area contributed by atoms with Crippen LogP contribution in [0.5, 0.6) is 0 Å². The second kappa shape index (κ2) is 3.95. The number of rotatable bonds is 2. The number of benzene rings is 1. The van der Waals surface area contributed by atoms with Crippen LogP contribution in [0.25, 0.3) is 0 Å². The van der Waals surface area contributed by atoms with Crippen molar-refractivity contribution < 1.29 is 9.46 Å². The van der Waals surface area contributed by atoms with Gasteiger partial charge >= 0.3 is 0 Å². The molecule has 3 nitrogen and oxygen atoms in total. The van der Waals surface area contributed by atoms with Gasteiger partial charge in [-0.05, 0) is 30.7 Å². The van der Waals surface area contributed by atoms with E-state index >= 15 is 0 Å². The molecule has 0 aliphatic heterocycles. The van der Waals surface area contributed by atoms with Crippen molar-refractivity contribution in [1.29, 1.82) is 0 Å². The Labute approximate surface area is 78.9 Å². The normalized spacial score (nSPS) is 12.6. The molecule has 1 unspecified atom stereocenters. The summed E-state index contributed by atoms with van der Waals surface area (Å²) in [5, 5.41) is 0.521. The van der Waals surface area contributed by atoms with Crippen molar-refractivity contribution in [3.63, 3.8) is 0 Å². The second-order valence-corrected chi connectivity index (χ2v) is 4.39. The van der Waals surface area contributed by atoms with Crippen molar-refractivity contribution in [1.82, 2.24) is 0 Å². The van der Waals surface area contributed by atoms with Gasteiger partial charge in [-0.2, -0.15) is 0 Å². The van der Waals surface area contributed by atoms with Gasteiger partial charge in [-0.15, -0.1) is 0 Å². The third kappa shape index (κ3) is 2.33. The zero-order valence-corrected chi connectivity index (χ0v) is 9.03. The molecular formula is C9H14NO2P. The molecular weight excluding hydrogens is 185 g/mol. The molecule has 0 saturated heterocycles. The fraction of sp³-hybridized carbons (Fsp3) is 0.333. The van der Waals surface area contributed by atoms with Crippen LogP contribution in [0.2, 0.25) is 0 Å². The van der Waals surface area contributed by atoms with E-state index in [0.717, 1.165) is 11.3 Å². The highest BCUT2D eigenvalue weighted by molar-refractivity contribution is 7.47. The number of hydrogen-bond acceptors (Lipinski definition) is 2. The minimum absolute atomic E-state index is 0.521. The van der Waals surface area contributed by atoms with Crippen LogP contribution in [0, 0.1) is 6.92 Å². The fourth-order valence-electron chi connectivity index (χ4n) is 1.29. The summed E-state index contributed by atoms with van der Waals surface area (Å²) < 4.78 is 10.8. The van der Waals surface area contributed by atoms with Gasteiger partial charge in [0.1, 0.15) is 0 Å². The lowest BCUT2D eigenvalue weighted by atomic mass is 10.2. The first-order chi connectivity index (χ1) is 6.02. The monoisotopic (exact) mass is 199 g/mol. The quantitative estimate of drug-likeness (QED) is 0.726. The van der Waals surface area contributed by atoms with Crippen molar-refractivity contribution in [3.8, 4) is 0 Å². The Hall–Kier alpha value is -0.790. The summed E-state index contributed by atoms with van der Waals surface area (Å²) in [7, 11) is 1.35. The van der Waals surface area contributed by atoms with E-state index in [1.54, 1.807) is 12.1 Å². The molecule has 0 spiro atoms. The molecule has 1 aromatic rings. The van der Waals surface area contributed by atoms with Crippen LogP contribution >= 0.6 is 8.03 Å². The second-order valence-electron chi connectivity index (χ2n) is 3.20. The van der Waals surface area contributed by atoms with Crippen LogP contribution in [0.1, 0.15) is 5.56 Å². The highest BCUT2D eigenvalue weighted by Gasteiger charge is 2.04. The van der Waals surface area contributed by atoms with Gasteiger partial charge in [0.15, 0.2) is 0 Å². The van der Waals surface area contributed by atoms with E-state index in [2.05, 4.69) is 0 Å². The number of hydrogen-bond donors (Lipinski definition) is 1. The first kappa shape index (κ1) is 10.3. The third-order valence-corrected chi connectivity index (χ3v) is 2.73. The topological polar surface area (TPSA) is 40.5 Å². The molecule has 0 heterocycles. The summed E-state index contributed by atoms with van der Waals surface area (Å²) in [5.41, 5.74) is 2.10. The molecule has 0 saturated carbocycles. The molecule has 1 atom stereocenters. The smallest absolute Gasteiger partial charge is 0.218 e. The van der Waals surface area contributed by atoms with Crippen LogP contribution in [-0.2, 0) is 4.57 Å². The molecule has 0 aliphatic carbocycles. The summed E-state index contributed by atoms with van der Waals surface area (Å²) >= 11 is 0.